The van der Waals surface area contributed by atoms with E-state index in [1.54, 1.807) is 0 Å². The minimum Gasteiger partial charge on any atom is -0.481 e. The molecule has 1 aromatic rings. The van der Waals surface area contributed by atoms with Gasteiger partial charge >= 0.3 is 5.97 Å². The summed E-state index contributed by atoms with van der Waals surface area (Å²) < 4.78 is 0. The average Bonchev–Trinajstić information content (AvgIpc) is 2.11. The number of carbonyl (C=O) groups is 1. The van der Waals surface area contributed by atoms with Gasteiger partial charge in [0.1, 0.15) is 0 Å². The summed E-state index contributed by atoms with van der Waals surface area (Å²) in [6.45, 7) is 1.94. The van der Waals surface area contributed by atoms with E-state index in [4.69, 9.17) is 5.11 Å². The summed E-state index contributed by atoms with van der Waals surface area (Å²) in [5.41, 5.74) is 1.73. The fourth-order valence-electron chi connectivity index (χ4n) is 2.25. The highest BCUT2D eigenvalue weighted by atomic mass is 16.4. The van der Waals surface area contributed by atoms with Crippen LogP contribution in [-0.2, 0) is 10.2 Å². The molecule has 1 N–H and O–H groups in total. The van der Waals surface area contributed by atoms with Crippen LogP contribution in [0.1, 0.15) is 37.1 Å². The lowest BCUT2D eigenvalue weighted by atomic mass is 9.64. The molecule has 1 heterocycles. The SMILES string of the molecule is Cc1cccc(C2(CC(=O)O)CCC2)n1. The molecule has 0 bridgehead atoms. The fraction of sp³-hybridized carbons (Fsp3) is 0.500. The highest BCUT2D eigenvalue weighted by Crippen LogP contribution is 2.45. The number of aromatic nitrogens is 1. The van der Waals surface area contributed by atoms with Crippen LogP contribution in [0.15, 0.2) is 18.2 Å². The van der Waals surface area contributed by atoms with Crippen molar-refractivity contribution in [2.45, 2.75) is 38.0 Å². The molecule has 15 heavy (non-hydrogen) atoms. The van der Waals surface area contributed by atoms with E-state index >= 15 is 0 Å². The Balaban J connectivity index is 2.29. The Morgan fingerprint density at radius 3 is 2.73 bits per heavy atom. The van der Waals surface area contributed by atoms with E-state index in [1.165, 1.54) is 0 Å². The Kier molecular flexibility index (Phi) is 2.47. The Labute approximate surface area is 89.2 Å². The number of carboxylic acid groups (broad SMARTS) is 1. The number of hydrogen-bond acceptors (Lipinski definition) is 2. The summed E-state index contributed by atoms with van der Waals surface area (Å²) >= 11 is 0. The maximum Gasteiger partial charge on any atom is 0.304 e. The molecule has 0 unspecified atom stereocenters. The average molecular weight is 205 g/mol. The van der Waals surface area contributed by atoms with E-state index in [1.807, 2.05) is 25.1 Å². The monoisotopic (exact) mass is 205 g/mol. The van der Waals surface area contributed by atoms with Crippen LogP contribution in [0.5, 0.6) is 0 Å². The van der Waals surface area contributed by atoms with Crippen molar-refractivity contribution in [2.75, 3.05) is 0 Å². The number of carboxylic acids is 1. The van der Waals surface area contributed by atoms with Gasteiger partial charge in [-0.05, 0) is 31.9 Å². The molecule has 1 aromatic heterocycles. The minimum atomic E-state index is -0.724. The smallest absolute Gasteiger partial charge is 0.304 e. The van der Waals surface area contributed by atoms with Crippen LogP contribution in [0.2, 0.25) is 0 Å². The molecule has 0 aromatic carbocycles. The zero-order chi connectivity index (χ0) is 10.9. The van der Waals surface area contributed by atoms with E-state index in [-0.39, 0.29) is 11.8 Å². The maximum absolute atomic E-state index is 10.8. The molecule has 0 radical (unpaired) electrons. The van der Waals surface area contributed by atoms with Gasteiger partial charge in [0.15, 0.2) is 0 Å². The highest BCUT2D eigenvalue weighted by molar-refractivity contribution is 5.69. The molecule has 3 nitrogen and oxygen atoms in total. The molecule has 0 aliphatic heterocycles. The van der Waals surface area contributed by atoms with Gasteiger partial charge in [-0.15, -0.1) is 0 Å². The first kappa shape index (κ1) is 10.1. The first-order valence-corrected chi connectivity index (χ1v) is 5.28. The molecule has 0 amide bonds. The summed E-state index contributed by atoms with van der Waals surface area (Å²) in [6.07, 6.45) is 3.23. The van der Waals surface area contributed by atoms with Gasteiger partial charge in [0.25, 0.3) is 0 Å². The predicted octanol–water partition coefficient (Wildman–Crippen LogP) is 2.29. The van der Waals surface area contributed by atoms with Crippen molar-refractivity contribution in [3.63, 3.8) is 0 Å². The lowest BCUT2D eigenvalue weighted by molar-refractivity contribution is -0.139. The molecule has 1 fully saturated rings. The second kappa shape index (κ2) is 3.65. The molecule has 1 saturated carbocycles. The first-order chi connectivity index (χ1) is 7.12. The van der Waals surface area contributed by atoms with E-state index in [9.17, 15) is 4.79 Å². The van der Waals surface area contributed by atoms with Crippen molar-refractivity contribution in [1.82, 2.24) is 4.98 Å². The van der Waals surface area contributed by atoms with Crippen molar-refractivity contribution >= 4 is 5.97 Å². The predicted molar refractivity (Wildman–Crippen MR) is 56.8 cm³/mol. The van der Waals surface area contributed by atoms with E-state index in [0.717, 1.165) is 30.7 Å². The van der Waals surface area contributed by atoms with Crippen molar-refractivity contribution in [3.8, 4) is 0 Å². The van der Waals surface area contributed by atoms with Gasteiger partial charge < -0.3 is 5.11 Å². The summed E-state index contributed by atoms with van der Waals surface area (Å²) in [4.78, 5) is 15.3. The molecule has 80 valence electrons. The highest BCUT2D eigenvalue weighted by Gasteiger charge is 2.41. The van der Waals surface area contributed by atoms with Crippen molar-refractivity contribution in [1.29, 1.82) is 0 Å². The largest absolute Gasteiger partial charge is 0.481 e. The van der Waals surface area contributed by atoms with E-state index in [2.05, 4.69) is 4.98 Å². The number of rotatable bonds is 3. The van der Waals surface area contributed by atoms with Crippen LogP contribution in [0.25, 0.3) is 0 Å². The van der Waals surface area contributed by atoms with Crippen LogP contribution in [-0.4, -0.2) is 16.1 Å². The van der Waals surface area contributed by atoms with Crippen LogP contribution in [0.4, 0.5) is 0 Å². The van der Waals surface area contributed by atoms with Gasteiger partial charge in [-0.1, -0.05) is 12.5 Å². The summed E-state index contributed by atoms with van der Waals surface area (Å²) in [5, 5.41) is 8.92. The minimum absolute atomic E-state index is 0.183. The Bertz CT molecular complexity index is 383. The van der Waals surface area contributed by atoms with E-state index < -0.39 is 5.97 Å². The molecular weight excluding hydrogens is 190 g/mol. The lowest BCUT2D eigenvalue weighted by Gasteiger charge is -2.40. The summed E-state index contributed by atoms with van der Waals surface area (Å²) in [7, 11) is 0. The van der Waals surface area contributed by atoms with E-state index in [0.29, 0.717) is 0 Å². The van der Waals surface area contributed by atoms with Crippen LogP contribution in [0, 0.1) is 6.92 Å². The topological polar surface area (TPSA) is 50.2 Å². The molecule has 0 atom stereocenters. The third-order valence-corrected chi connectivity index (χ3v) is 3.23. The number of aliphatic carboxylic acids is 1. The third-order valence-electron chi connectivity index (χ3n) is 3.23. The Hall–Kier alpha value is -1.38. The van der Waals surface area contributed by atoms with Crippen molar-refractivity contribution in [2.24, 2.45) is 0 Å². The summed E-state index contributed by atoms with van der Waals surface area (Å²) in [5.74, 6) is -0.724. The maximum atomic E-state index is 10.8. The molecule has 1 aliphatic rings. The standard InChI is InChI=1S/C12H15NO2/c1-9-4-2-5-10(13-9)12(6-3-7-12)8-11(14)15/h2,4-5H,3,6-8H2,1H3,(H,14,15). The van der Waals surface area contributed by atoms with Gasteiger partial charge in [-0.2, -0.15) is 0 Å². The zero-order valence-corrected chi connectivity index (χ0v) is 8.86. The molecule has 2 rings (SSSR count). The van der Waals surface area contributed by atoms with Crippen LogP contribution in [0.3, 0.4) is 0 Å². The van der Waals surface area contributed by atoms with Gasteiger partial charge in [-0.3, -0.25) is 9.78 Å². The molecule has 0 spiro atoms. The van der Waals surface area contributed by atoms with Crippen molar-refractivity contribution in [3.05, 3.63) is 29.6 Å². The molecule has 0 saturated heterocycles. The van der Waals surface area contributed by atoms with Crippen LogP contribution < -0.4 is 0 Å². The Morgan fingerprint density at radius 2 is 2.27 bits per heavy atom. The number of hydrogen-bond donors (Lipinski definition) is 1. The quantitative estimate of drug-likeness (QED) is 0.823. The van der Waals surface area contributed by atoms with Gasteiger partial charge in [0, 0.05) is 16.8 Å². The molecule has 1 aliphatic carbocycles. The number of nitrogens with zero attached hydrogens (tertiary/aromatic N) is 1. The second-order valence-electron chi connectivity index (χ2n) is 4.37. The fourth-order valence-corrected chi connectivity index (χ4v) is 2.25. The second-order valence-corrected chi connectivity index (χ2v) is 4.37. The molecular formula is C12H15NO2. The van der Waals surface area contributed by atoms with Gasteiger partial charge in [0.05, 0.1) is 6.42 Å². The summed E-state index contributed by atoms with van der Waals surface area (Å²) in [6, 6.07) is 5.85. The lowest BCUT2D eigenvalue weighted by Crippen LogP contribution is -2.37. The molecule has 3 heteroatoms. The Morgan fingerprint density at radius 1 is 1.53 bits per heavy atom. The first-order valence-electron chi connectivity index (χ1n) is 5.28. The third kappa shape index (κ3) is 1.87. The zero-order valence-electron chi connectivity index (χ0n) is 8.86. The van der Waals surface area contributed by atoms with Crippen LogP contribution >= 0.6 is 0 Å². The number of aryl methyl sites for hydroxylation is 1. The van der Waals surface area contributed by atoms with Gasteiger partial charge in [0.2, 0.25) is 0 Å². The van der Waals surface area contributed by atoms with Gasteiger partial charge in [-0.25, -0.2) is 0 Å². The number of pyridine rings is 1. The van der Waals surface area contributed by atoms with Crippen molar-refractivity contribution < 1.29 is 9.90 Å². The normalized spacial score (nSPS) is 18.2.